The molecule has 20 heavy (non-hydrogen) atoms. The summed E-state index contributed by atoms with van der Waals surface area (Å²) in [6, 6.07) is 16.3. The van der Waals surface area contributed by atoms with E-state index in [1.165, 1.54) is 0 Å². The smallest absolute Gasteiger partial charge is 0.232 e. The Bertz CT molecular complexity index is 597. The van der Waals surface area contributed by atoms with E-state index >= 15 is 0 Å². The Morgan fingerprint density at radius 1 is 1.05 bits per heavy atom. The third-order valence-corrected chi connectivity index (χ3v) is 3.90. The van der Waals surface area contributed by atoms with Crippen molar-refractivity contribution in [2.75, 3.05) is 5.73 Å². The number of amides is 1. The lowest BCUT2D eigenvalue weighted by atomic mass is 10.1. The second-order valence-corrected chi connectivity index (χ2v) is 5.56. The van der Waals surface area contributed by atoms with Gasteiger partial charge in [0.05, 0.1) is 4.90 Å². The minimum atomic E-state index is -1.53. The summed E-state index contributed by atoms with van der Waals surface area (Å²) in [7, 11) is -1.53. The van der Waals surface area contributed by atoms with E-state index < -0.39 is 11.0 Å². The summed E-state index contributed by atoms with van der Waals surface area (Å²) in [6.45, 7) is 0. The molecule has 5 heteroatoms. The number of anilines is 1. The Labute approximate surface area is 120 Å². The van der Waals surface area contributed by atoms with E-state index in [0.717, 1.165) is 5.56 Å². The molecular weight excluding hydrogens is 272 g/mol. The number of carbonyl (C=O) groups excluding carboxylic acids is 1. The topological polar surface area (TPSA) is 72.2 Å². The van der Waals surface area contributed by atoms with Crippen LogP contribution in [0.3, 0.4) is 0 Å². The predicted molar refractivity (Wildman–Crippen MR) is 80.2 cm³/mol. The number of nitrogens with two attached hydrogens (primary N) is 1. The molecule has 2 aromatic rings. The van der Waals surface area contributed by atoms with Crippen LogP contribution in [0.4, 0.5) is 5.69 Å². The van der Waals surface area contributed by atoms with Gasteiger partial charge in [-0.2, -0.15) is 0 Å². The zero-order valence-electron chi connectivity index (χ0n) is 10.9. The third kappa shape index (κ3) is 4.20. The van der Waals surface area contributed by atoms with Crippen molar-refractivity contribution in [2.45, 2.75) is 17.7 Å². The fourth-order valence-corrected chi connectivity index (χ4v) is 2.52. The second-order valence-electron chi connectivity index (χ2n) is 4.35. The summed E-state index contributed by atoms with van der Waals surface area (Å²) in [4.78, 5) is 12.3. The molecule has 0 bridgehead atoms. The lowest BCUT2D eigenvalue weighted by Gasteiger charge is -2.05. The van der Waals surface area contributed by atoms with Gasteiger partial charge in [0.1, 0.15) is 0 Å². The summed E-state index contributed by atoms with van der Waals surface area (Å²) in [5.74, 6) is -0.232. The second kappa shape index (κ2) is 6.86. The maximum Gasteiger partial charge on any atom is 0.232 e. The molecule has 104 valence electrons. The van der Waals surface area contributed by atoms with Gasteiger partial charge in [0.15, 0.2) is 11.0 Å². The highest BCUT2D eigenvalue weighted by Crippen LogP contribution is 2.09. The number of nitrogen functional groups attached to an aromatic ring is 1. The van der Waals surface area contributed by atoms with E-state index in [9.17, 15) is 9.00 Å². The van der Waals surface area contributed by atoms with Crippen LogP contribution in [0.25, 0.3) is 0 Å². The van der Waals surface area contributed by atoms with Gasteiger partial charge in [-0.05, 0) is 36.2 Å². The summed E-state index contributed by atoms with van der Waals surface area (Å²) in [5.41, 5.74) is 7.24. The van der Waals surface area contributed by atoms with E-state index in [1.807, 2.05) is 30.3 Å². The number of hydrogen-bond acceptors (Lipinski definition) is 3. The van der Waals surface area contributed by atoms with E-state index in [1.54, 1.807) is 24.3 Å². The van der Waals surface area contributed by atoms with Crippen molar-refractivity contribution in [3.05, 3.63) is 60.2 Å². The van der Waals surface area contributed by atoms with E-state index in [2.05, 4.69) is 4.72 Å². The maximum atomic E-state index is 11.9. The van der Waals surface area contributed by atoms with Gasteiger partial charge in [-0.25, -0.2) is 4.21 Å². The van der Waals surface area contributed by atoms with E-state index in [-0.39, 0.29) is 5.91 Å². The van der Waals surface area contributed by atoms with Crippen LogP contribution in [0.1, 0.15) is 12.0 Å². The van der Waals surface area contributed by atoms with Gasteiger partial charge in [-0.15, -0.1) is 0 Å². The van der Waals surface area contributed by atoms with Crippen LogP contribution in [0.15, 0.2) is 59.5 Å². The number of rotatable bonds is 5. The number of carbonyl (C=O) groups is 1. The van der Waals surface area contributed by atoms with Crippen molar-refractivity contribution in [1.29, 1.82) is 0 Å². The van der Waals surface area contributed by atoms with Crippen molar-refractivity contribution >= 4 is 22.6 Å². The van der Waals surface area contributed by atoms with Gasteiger partial charge < -0.3 is 5.73 Å². The van der Waals surface area contributed by atoms with Crippen LogP contribution in [0, 0.1) is 0 Å². The standard InChI is InChI=1S/C15H16N2O2S/c16-13-7-9-14(10-8-13)20(19)17-15(18)11-6-12-4-2-1-3-5-12/h1-5,7-10H,6,11,16H2,(H,17,18). The van der Waals surface area contributed by atoms with Gasteiger partial charge >= 0.3 is 0 Å². The molecular formula is C15H16N2O2S. The highest BCUT2D eigenvalue weighted by atomic mass is 32.2. The monoisotopic (exact) mass is 288 g/mol. The van der Waals surface area contributed by atoms with Crippen molar-refractivity contribution in [3.8, 4) is 0 Å². The molecule has 0 aromatic heterocycles. The first-order valence-corrected chi connectivity index (χ1v) is 7.41. The molecule has 1 amide bonds. The van der Waals surface area contributed by atoms with Crippen LogP contribution in [0.2, 0.25) is 0 Å². The molecule has 0 radical (unpaired) electrons. The van der Waals surface area contributed by atoms with Crippen LogP contribution in [-0.2, 0) is 22.2 Å². The first-order chi connectivity index (χ1) is 9.65. The molecule has 2 rings (SSSR count). The highest BCUT2D eigenvalue weighted by molar-refractivity contribution is 7.83. The summed E-state index contributed by atoms with van der Waals surface area (Å²) < 4.78 is 14.4. The number of nitrogens with one attached hydrogen (secondary N) is 1. The lowest BCUT2D eigenvalue weighted by molar-refractivity contribution is -0.119. The normalized spacial score (nSPS) is 11.8. The SMILES string of the molecule is Nc1ccc(S(=O)NC(=O)CCc2ccccc2)cc1. The van der Waals surface area contributed by atoms with E-state index in [4.69, 9.17) is 5.73 Å². The third-order valence-electron chi connectivity index (χ3n) is 2.78. The number of aryl methyl sites for hydroxylation is 1. The first-order valence-electron chi connectivity index (χ1n) is 6.26. The fourth-order valence-electron chi connectivity index (χ4n) is 1.71. The average molecular weight is 288 g/mol. The van der Waals surface area contributed by atoms with E-state index in [0.29, 0.717) is 23.4 Å². The van der Waals surface area contributed by atoms with Crippen LogP contribution < -0.4 is 10.5 Å². The molecule has 0 saturated heterocycles. The molecule has 0 aliphatic heterocycles. The Morgan fingerprint density at radius 3 is 2.35 bits per heavy atom. The zero-order valence-corrected chi connectivity index (χ0v) is 11.7. The Hall–Kier alpha value is -2.14. The number of hydrogen-bond donors (Lipinski definition) is 2. The minimum Gasteiger partial charge on any atom is -0.399 e. The molecule has 0 fully saturated rings. The Balaban J connectivity index is 1.85. The van der Waals surface area contributed by atoms with Crippen molar-refractivity contribution in [2.24, 2.45) is 0 Å². The molecule has 2 aromatic carbocycles. The van der Waals surface area contributed by atoms with Crippen molar-refractivity contribution in [3.63, 3.8) is 0 Å². The molecule has 0 aliphatic carbocycles. The van der Waals surface area contributed by atoms with Crippen molar-refractivity contribution in [1.82, 2.24) is 4.72 Å². The summed E-state index contributed by atoms with van der Waals surface area (Å²) >= 11 is 0. The molecule has 0 saturated carbocycles. The fraction of sp³-hybridized carbons (Fsp3) is 0.133. The zero-order chi connectivity index (χ0) is 14.4. The van der Waals surface area contributed by atoms with Gasteiger partial charge in [-0.3, -0.25) is 9.52 Å². The first kappa shape index (κ1) is 14.3. The molecule has 3 N–H and O–H groups in total. The van der Waals surface area contributed by atoms with Crippen molar-refractivity contribution < 1.29 is 9.00 Å². The minimum absolute atomic E-state index is 0.232. The largest absolute Gasteiger partial charge is 0.399 e. The Morgan fingerprint density at radius 2 is 1.70 bits per heavy atom. The molecule has 1 atom stereocenters. The van der Waals surface area contributed by atoms with Gasteiger partial charge in [0.25, 0.3) is 0 Å². The number of benzene rings is 2. The van der Waals surface area contributed by atoms with Crippen LogP contribution in [-0.4, -0.2) is 10.1 Å². The lowest BCUT2D eigenvalue weighted by Crippen LogP contribution is -2.25. The summed E-state index contributed by atoms with van der Waals surface area (Å²) in [6.07, 6.45) is 0.941. The maximum absolute atomic E-state index is 11.9. The van der Waals surface area contributed by atoms with Crippen LogP contribution in [0.5, 0.6) is 0 Å². The predicted octanol–water partition coefficient (Wildman–Crippen LogP) is 2.04. The Kier molecular flexibility index (Phi) is 4.90. The van der Waals surface area contributed by atoms with Crippen LogP contribution >= 0.6 is 0 Å². The quantitative estimate of drug-likeness (QED) is 0.827. The van der Waals surface area contributed by atoms with Gasteiger partial charge in [-0.1, -0.05) is 30.3 Å². The highest BCUT2D eigenvalue weighted by Gasteiger charge is 2.08. The molecule has 1 unspecified atom stereocenters. The molecule has 0 aliphatic rings. The average Bonchev–Trinajstić information content (AvgIpc) is 2.47. The summed E-state index contributed by atoms with van der Waals surface area (Å²) in [5, 5.41) is 0. The molecule has 0 heterocycles. The molecule has 0 spiro atoms. The molecule has 4 nitrogen and oxygen atoms in total. The van der Waals surface area contributed by atoms with Gasteiger partial charge in [0, 0.05) is 12.1 Å². The van der Waals surface area contributed by atoms with Gasteiger partial charge in [0.2, 0.25) is 5.91 Å².